The van der Waals surface area contributed by atoms with E-state index in [-0.39, 0.29) is 5.69 Å². The van der Waals surface area contributed by atoms with Gasteiger partial charge in [0, 0.05) is 11.3 Å². The van der Waals surface area contributed by atoms with Crippen molar-refractivity contribution in [3.63, 3.8) is 0 Å². The van der Waals surface area contributed by atoms with Crippen LogP contribution in [0.15, 0.2) is 66.7 Å². The van der Waals surface area contributed by atoms with Crippen LogP contribution in [0.3, 0.4) is 0 Å². The molecule has 0 bridgehead atoms. The molecule has 0 radical (unpaired) electrons. The van der Waals surface area contributed by atoms with E-state index in [9.17, 15) is 14.0 Å². The molecule has 3 aromatic rings. The van der Waals surface area contributed by atoms with Gasteiger partial charge in [-0.2, -0.15) is 0 Å². The number of rotatable bonds is 6. The standard InChI is InChI=1S/C23H21FN2O4/c1-15-5-3-6-16(11-15)14-30-19-8-4-7-17(12-19)22(27)25-18-9-10-20(24)21(13-18)26-23(28)29-2/h3-13H,14H2,1-2H3,(H,25,27)(H,26,28). The third kappa shape index (κ3) is 5.57. The second kappa shape index (κ2) is 9.56. The Hall–Kier alpha value is -3.87. The van der Waals surface area contributed by atoms with Crippen molar-refractivity contribution in [2.45, 2.75) is 13.5 Å². The summed E-state index contributed by atoms with van der Waals surface area (Å²) < 4.78 is 24.1. The van der Waals surface area contributed by atoms with Crippen molar-refractivity contribution in [2.75, 3.05) is 17.7 Å². The van der Waals surface area contributed by atoms with Crippen LogP contribution in [0.4, 0.5) is 20.6 Å². The highest BCUT2D eigenvalue weighted by Crippen LogP contribution is 2.22. The molecule has 0 heterocycles. The van der Waals surface area contributed by atoms with Gasteiger partial charge in [0.25, 0.3) is 5.91 Å². The molecular formula is C23H21FN2O4. The van der Waals surface area contributed by atoms with E-state index in [2.05, 4.69) is 15.4 Å². The lowest BCUT2D eigenvalue weighted by molar-refractivity contribution is 0.102. The number of benzene rings is 3. The monoisotopic (exact) mass is 408 g/mol. The maximum absolute atomic E-state index is 13.8. The first-order valence-corrected chi connectivity index (χ1v) is 9.19. The summed E-state index contributed by atoms with van der Waals surface area (Å²) in [5.74, 6) is -0.493. The van der Waals surface area contributed by atoms with E-state index >= 15 is 0 Å². The van der Waals surface area contributed by atoms with Gasteiger partial charge >= 0.3 is 6.09 Å². The van der Waals surface area contributed by atoms with E-state index in [0.717, 1.165) is 17.2 Å². The van der Waals surface area contributed by atoms with E-state index in [1.165, 1.54) is 19.2 Å². The van der Waals surface area contributed by atoms with Crippen LogP contribution < -0.4 is 15.4 Å². The van der Waals surface area contributed by atoms with Gasteiger partial charge in [-0.25, -0.2) is 9.18 Å². The molecule has 6 nitrogen and oxygen atoms in total. The fourth-order valence-corrected chi connectivity index (χ4v) is 2.76. The van der Waals surface area contributed by atoms with Gasteiger partial charge in [-0.05, 0) is 48.9 Å². The Bertz CT molecular complexity index is 1070. The highest BCUT2D eigenvalue weighted by atomic mass is 19.1. The first-order valence-electron chi connectivity index (χ1n) is 9.19. The Kier molecular flexibility index (Phi) is 6.64. The lowest BCUT2D eigenvalue weighted by atomic mass is 10.1. The van der Waals surface area contributed by atoms with Crippen molar-refractivity contribution in [3.05, 3.63) is 89.2 Å². The van der Waals surface area contributed by atoms with Gasteiger partial charge in [0.1, 0.15) is 18.2 Å². The van der Waals surface area contributed by atoms with Crippen LogP contribution in [0.2, 0.25) is 0 Å². The maximum Gasteiger partial charge on any atom is 0.411 e. The van der Waals surface area contributed by atoms with Gasteiger partial charge < -0.3 is 14.8 Å². The molecule has 3 aromatic carbocycles. The Morgan fingerprint density at radius 1 is 0.967 bits per heavy atom. The fourth-order valence-electron chi connectivity index (χ4n) is 2.76. The van der Waals surface area contributed by atoms with Crippen LogP contribution >= 0.6 is 0 Å². The number of hydrogen-bond donors (Lipinski definition) is 2. The molecule has 0 fully saturated rings. The fraction of sp³-hybridized carbons (Fsp3) is 0.130. The number of aryl methyl sites for hydroxylation is 1. The van der Waals surface area contributed by atoms with E-state index in [4.69, 9.17) is 4.74 Å². The van der Waals surface area contributed by atoms with Crippen LogP contribution in [0.5, 0.6) is 5.75 Å². The molecule has 2 N–H and O–H groups in total. The van der Waals surface area contributed by atoms with Gasteiger partial charge in [-0.3, -0.25) is 10.1 Å². The number of hydrogen-bond acceptors (Lipinski definition) is 4. The van der Waals surface area contributed by atoms with Crippen molar-refractivity contribution < 1.29 is 23.5 Å². The van der Waals surface area contributed by atoms with E-state index in [1.807, 2.05) is 31.2 Å². The van der Waals surface area contributed by atoms with E-state index < -0.39 is 17.8 Å². The van der Waals surface area contributed by atoms with E-state index in [0.29, 0.717) is 23.6 Å². The average Bonchev–Trinajstić information content (AvgIpc) is 2.74. The summed E-state index contributed by atoms with van der Waals surface area (Å²) in [5.41, 5.74) is 2.77. The van der Waals surface area contributed by atoms with Crippen LogP contribution in [0, 0.1) is 12.7 Å². The van der Waals surface area contributed by atoms with Crippen molar-refractivity contribution in [1.82, 2.24) is 0 Å². The zero-order chi connectivity index (χ0) is 21.5. The Labute approximate surface area is 173 Å². The summed E-state index contributed by atoms with van der Waals surface area (Å²) in [5, 5.41) is 4.92. The third-order valence-corrected chi connectivity index (χ3v) is 4.23. The first kappa shape index (κ1) is 20.9. The van der Waals surface area contributed by atoms with Crippen LogP contribution in [-0.2, 0) is 11.3 Å². The largest absolute Gasteiger partial charge is 0.489 e. The van der Waals surface area contributed by atoms with E-state index in [1.54, 1.807) is 24.3 Å². The number of ether oxygens (including phenoxy) is 2. The van der Waals surface area contributed by atoms with Crippen molar-refractivity contribution in [1.29, 1.82) is 0 Å². The molecule has 3 rings (SSSR count). The van der Waals surface area contributed by atoms with Crippen molar-refractivity contribution in [3.8, 4) is 5.75 Å². The number of amides is 2. The molecule has 0 atom stereocenters. The normalized spacial score (nSPS) is 10.2. The van der Waals surface area contributed by atoms with Crippen LogP contribution in [-0.4, -0.2) is 19.1 Å². The summed E-state index contributed by atoms with van der Waals surface area (Å²) >= 11 is 0. The second-order valence-electron chi connectivity index (χ2n) is 6.57. The molecule has 30 heavy (non-hydrogen) atoms. The second-order valence-corrected chi connectivity index (χ2v) is 6.57. The molecule has 154 valence electrons. The Morgan fingerprint density at radius 3 is 2.53 bits per heavy atom. The summed E-state index contributed by atoms with van der Waals surface area (Å²) in [4.78, 5) is 23.9. The number of carbonyl (C=O) groups is 2. The molecule has 0 aliphatic heterocycles. The number of halogens is 1. The van der Waals surface area contributed by atoms with Gasteiger partial charge in [0.2, 0.25) is 0 Å². The molecule has 0 aliphatic carbocycles. The zero-order valence-electron chi connectivity index (χ0n) is 16.6. The van der Waals surface area contributed by atoms with Gasteiger partial charge in [-0.1, -0.05) is 35.9 Å². The Balaban J connectivity index is 1.68. The molecule has 0 saturated heterocycles. The van der Waals surface area contributed by atoms with Gasteiger partial charge in [0.05, 0.1) is 12.8 Å². The molecule has 2 amide bonds. The first-order chi connectivity index (χ1) is 14.4. The zero-order valence-corrected chi connectivity index (χ0v) is 16.6. The summed E-state index contributed by atoms with van der Waals surface area (Å²) in [6.45, 7) is 2.39. The summed E-state index contributed by atoms with van der Waals surface area (Å²) in [7, 11) is 1.17. The predicted octanol–water partition coefficient (Wildman–Crippen LogP) is 5.14. The minimum absolute atomic E-state index is 0.102. The molecule has 0 unspecified atom stereocenters. The molecule has 0 saturated carbocycles. The minimum atomic E-state index is -0.809. The quantitative estimate of drug-likeness (QED) is 0.592. The smallest absolute Gasteiger partial charge is 0.411 e. The predicted molar refractivity (Wildman–Crippen MR) is 112 cm³/mol. The molecule has 0 aliphatic rings. The highest BCUT2D eigenvalue weighted by molar-refractivity contribution is 6.04. The van der Waals surface area contributed by atoms with Gasteiger partial charge in [0.15, 0.2) is 0 Å². The average molecular weight is 408 g/mol. The molecular weight excluding hydrogens is 387 g/mol. The summed E-state index contributed by atoms with van der Waals surface area (Å²) in [6, 6.07) is 18.6. The SMILES string of the molecule is COC(=O)Nc1cc(NC(=O)c2cccc(OCc3cccc(C)c3)c2)ccc1F. The number of anilines is 2. The summed E-state index contributed by atoms with van der Waals surface area (Å²) in [6.07, 6.45) is -0.809. The molecule has 0 aromatic heterocycles. The topological polar surface area (TPSA) is 76.7 Å². The van der Waals surface area contributed by atoms with Gasteiger partial charge in [-0.15, -0.1) is 0 Å². The van der Waals surface area contributed by atoms with Crippen molar-refractivity contribution >= 4 is 23.4 Å². The van der Waals surface area contributed by atoms with Crippen LogP contribution in [0.25, 0.3) is 0 Å². The number of nitrogens with one attached hydrogen (secondary N) is 2. The minimum Gasteiger partial charge on any atom is -0.489 e. The molecule has 7 heteroatoms. The number of methoxy groups -OCH3 is 1. The maximum atomic E-state index is 13.8. The lowest BCUT2D eigenvalue weighted by Crippen LogP contribution is -2.14. The lowest BCUT2D eigenvalue weighted by Gasteiger charge is -2.11. The van der Waals surface area contributed by atoms with Crippen LogP contribution in [0.1, 0.15) is 21.5 Å². The number of carbonyl (C=O) groups excluding carboxylic acids is 2. The third-order valence-electron chi connectivity index (χ3n) is 4.23. The highest BCUT2D eigenvalue weighted by Gasteiger charge is 2.11. The Morgan fingerprint density at radius 2 is 1.77 bits per heavy atom. The molecule has 0 spiro atoms. The van der Waals surface area contributed by atoms with Crippen molar-refractivity contribution in [2.24, 2.45) is 0 Å².